The third-order valence-corrected chi connectivity index (χ3v) is 5.14. The van der Waals surface area contributed by atoms with Crippen molar-refractivity contribution in [3.63, 3.8) is 0 Å². The molecule has 0 aliphatic carbocycles. The lowest BCUT2D eigenvalue weighted by Crippen LogP contribution is -2.55. The molecule has 0 spiro atoms. The predicted octanol–water partition coefficient (Wildman–Crippen LogP) is 2.82. The second-order valence-electron chi connectivity index (χ2n) is 8.43. The maximum absolute atomic E-state index is 13.9. The second kappa shape index (κ2) is 7.90. The third-order valence-electron chi connectivity index (χ3n) is 5.14. The number of methoxy groups -OCH3 is 1. The minimum absolute atomic E-state index is 0.00478. The number of alkyl halides is 1. The van der Waals surface area contributed by atoms with E-state index in [4.69, 9.17) is 9.47 Å². The molecule has 1 saturated heterocycles. The zero-order valence-electron chi connectivity index (χ0n) is 17.1. The van der Waals surface area contributed by atoms with Crippen molar-refractivity contribution in [1.82, 2.24) is 9.80 Å². The fourth-order valence-corrected chi connectivity index (χ4v) is 3.76. The highest BCUT2D eigenvalue weighted by molar-refractivity contribution is 5.87. The largest absolute Gasteiger partial charge is 0.497 e. The summed E-state index contributed by atoms with van der Waals surface area (Å²) in [7, 11) is 1.56. The number of hydrogen-bond acceptors (Lipinski definition) is 5. The quantitative estimate of drug-likeness (QED) is 0.758. The molecule has 0 aromatic heterocycles. The van der Waals surface area contributed by atoms with Gasteiger partial charge in [-0.25, -0.2) is 9.18 Å². The van der Waals surface area contributed by atoms with Crippen molar-refractivity contribution < 1.29 is 23.5 Å². The molecule has 7 nitrogen and oxygen atoms in total. The Morgan fingerprint density at radius 1 is 1.24 bits per heavy atom. The molecule has 0 bridgehead atoms. The second-order valence-corrected chi connectivity index (χ2v) is 8.43. The number of amides is 2. The summed E-state index contributed by atoms with van der Waals surface area (Å²) in [5.41, 5.74) is 1.04. The maximum Gasteiger partial charge on any atom is 0.411 e. The Labute approximate surface area is 170 Å². The van der Waals surface area contributed by atoms with Gasteiger partial charge in [-0.05, 0) is 44.0 Å². The smallest absolute Gasteiger partial charge is 0.411 e. The van der Waals surface area contributed by atoms with Crippen LogP contribution in [0.4, 0.5) is 9.18 Å². The van der Waals surface area contributed by atoms with Crippen molar-refractivity contribution in [2.75, 3.05) is 13.7 Å². The standard InChI is InChI=1S/C21H26FN3O4/c1-21(2,3)29-20(27)25-11-14-7-17(28-4)6-5-13(14)8-18(25)19(26)24-12-15(22)9-16(24)10-23/h5-7,15-16,18H,8-9,11-12H2,1-4H3/t15-,16-,18-/m0/s1. The first kappa shape index (κ1) is 20.9. The third kappa shape index (κ3) is 4.44. The van der Waals surface area contributed by atoms with Crippen molar-refractivity contribution in [2.24, 2.45) is 0 Å². The minimum atomic E-state index is -1.24. The van der Waals surface area contributed by atoms with Gasteiger partial charge in [0.05, 0.1) is 26.3 Å². The van der Waals surface area contributed by atoms with Crippen LogP contribution in [0.1, 0.15) is 38.3 Å². The van der Waals surface area contributed by atoms with E-state index in [0.29, 0.717) is 5.75 Å². The summed E-state index contributed by atoms with van der Waals surface area (Å²) in [6.07, 6.45) is -1.59. The van der Waals surface area contributed by atoms with Crippen molar-refractivity contribution in [3.8, 4) is 11.8 Å². The van der Waals surface area contributed by atoms with E-state index in [0.717, 1.165) is 11.1 Å². The highest BCUT2D eigenvalue weighted by Gasteiger charge is 2.43. The van der Waals surface area contributed by atoms with Gasteiger partial charge < -0.3 is 14.4 Å². The molecule has 0 N–H and O–H groups in total. The molecule has 8 heteroatoms. The fourth-order valence-electron chi connectivity index (χ4n) is 3.76. The SMILES string of the molecule is COc1ccc2c(c1)CN(C(=O)OC(C)(C)C)[C@H](C(=O)N1C[C@@H](F)C[C@H]1C#N)C2. The van der Waals surface area contributed by atoms with Gasteiger partial charge in [0, 0.05) is 12.8 Å². The first-order valence-electron chi connectivity index (χ1n) is 9.62. The van der Waals surface area contributed by atoms with E-state index in [1.807, 2.05) is 18.2 Å². The Morgan fingerprint density at radius 2 is 1.97 bits per heavy atom. The van der Waals surface area contributed by atoms with Crippen LogP contribution < -0.4 is 4.74 Å². The zero-order chi connectivity index (χ0) is 21.3. The minimum Gasteiger partial charge on any atom is -0.497 e. The number of rotatable bonds is 2. The van der Waals surface area contributed by atoms with E-state index < -0.39 is 35.9 Å². The van der Waals surface area contributed by atoms with Gasteiger partial charge in [-0.3, -0.25) is 9.69 Å². The highest BCUT2D eigenvalue weighted by atomic mass is 19.1. The molecular formula is C21H26FN3O4. The summed E-state index contributed by atoms with van der Waals surface area (Å²) >= 11 is 0. The van der Waals surface area contributed by atoms with Crippen molar-refractivity contribution in [1.29, 1.82) is 5.26 Å². The average Bonchev–Trinajstić information content (AvgIpc) is 3.05. The average molecular weight is 403 g/mol. The summed E-state index contributed by atoms with van der Waals surface area (Å²) in [6, 6.07) is 5.81. The van der Waals surface area contributed by atoms with Crippen molar-refractivity contribution in [3.05, 3.63) is 29.3 Å². The van der Waals surface area contributed by atoms with E-state index in [2.05, 4.69) is 0 Å². The number of hydrogen-bond donors (Lipinski definition) is 0. The van der Waals surface area contributed by atoms with Crippen LogP contribution >= 0.6 is 0 Å². The maximum atomic E-state index is 13.9. The van der Waals surface area contributed by atoms with Gasteiger partial charge in [0.25, 0.3) is 0 Å². The molecule has 2 aliphatic rings. The Morgan fingerprint density at radius 3 is 2.59 bits per heavy atom. The van der Waals surface area contributed by atoms with E-state index >= 15 is 0 Å². The predicted molar refractivity (Wildman–Crippen MR) is 103 cm³/mol. The lowest BCUT2D eigenvalue weighted by atomic mass is 9.93. The first-order valence-corrected chi connectivity index (χ1v) is 9.62. The van der Waals surface area contributed by atoms with Crippen LogP contribution in [-0.4, -0.2) is 59.3 Å². The summed E-state index contributed by atoms with van der Waals surface area (Å²) in [5, 5.41) is 9.32. The van der Waals surface area contributed by atoms with Crippen molar-refractivity contribution >= 4 is 12.0 Å². The van der Waals surface area contributed by atoms with Gasteiger partial charge >= 0.3 is 6.09 Å². The number of ether oxygens (including phenoxy) is 2. The summed E-state index contributed by atoms with van der Waals surface area (Å²) < 4.78 is 24.7. The molecule has 156 valence electrons. The van der Waals surface area contributed by atoms with Crippen LogP contribution in [0.3, 0.4) is 0 Å². The monoisotopic (exact) mass is 403 g/mol. The van der Waals surface area contributed by atoms with Gasteiger partial charge in [0.1, 0.15) is 29.6 Å². The number of likely N-dealkylation sites (tertiary alicyclic amines) is 1. The number of halogens is 1. The Bertz CT molecular complexity index is 845. The fraction of sp³-hybridized carbons (Fsp3) is 0.571. The van der Waals surface area contributed by atoms with Gasteiger partial charge in [-0.2, -0.15) is 5.26 Å². The molecule has 1 aromatic rings. The van der Waals surface area contributed by atoms with Gasteiger partial charge in [-0.15, -0.1) is 0 Å². The highest BCUT2D eigenvalue weighted by Crippen LogP contribution is 2.31. The number of nitriles is 1. The molecule has 2 amide bonds. The summed E-state index contributed by atoms with van der Waals surface area (Å²) in [5.74, 6) is 0.228. The number of nitrogens with zero attached hydrogens (tertiary/aromatic N) is 3. The van der Waals surface area contributed by atoms with E-state index in [1.54, 1.807) is 33.9 Å². The Kier molecular flexibility index (Phi) is 5.69. The molecule has 0 unspecified atom stereocenters. The molecular weight excluding hydrogens is 377 g/mol. The molecule has 2 aliphatic heterocycles. The number of carbonyl (C=O) groups excluding carboxylic acids is 2. The number of fused-ring (bicyclic) bond motifs is 1. The van der Waals surface area contributed by atoms with Crippen LogP contribution in [0.25, 0.3) is 0 Å². The van der Waals surface area contributed by atoms with Crippen LogP contribution in [-0.2, 0) is 22.5 Å². The number of carbonyl (C=O) groups is 2. The van der Waals surface area contributed by atoms with E-state index in [-0.39, 0.29) is 25.9 Å². The Hall–Kier alpha value is -2.82. The summed E-state index contributed by atoms with van der Waals surface area (Å²) in [4.78, 5) is 28.8. The lowest BCUT2D eigenvalue weighted by molar-refractivity contribution is -0.137. The van der Waals surface area contributed by atoms with Gasteiger partial charge in [0.15, 0.2) is 0 Å². The molecule has 1 aromatic carbocycles. The molecule has 2 heterocycles. The van der Waals surface area contributed by atoms with Gasteiger partial charge in [0.2, 0.25) is 5.91 Å². The first-order chi connectivity index (χ1) is 13.6. The molecule has 29 heavy (non-hydrogen) atoms. The molecule has 3 rings (SSSR count). The van der Waals surface area contributed by atoms with E-state index in [9.17, 15) is 19.2 Å². The topological polar surface area (TPSA) is 82.9 Å². The zero-order valence-corrected chi connectivity index (χ0v) is 17.1. The molecule has 0 radical (unpaired) electrons. The Balaban J connectivity index is 1.93. The molecule has 1 fully saturated rings. The number of benzene rings is 1. The summed E-state index contributed by atoms with van der Waals surface area (Å²) in [6.45, 7) is 5.29. The van der Waals surface area contributed by atoms with Crippen LogP contribution in [0, 0.1) is 11.3 Å². The van der Waals surface area contributed by atoms with Crippen LogP contribution in [0.15, 0.2) is 18.2 Å². The lowest BCUT2D eigenvalue weighted by Gasteiger charge is -2.38. The van der Waals surface area contributed by atoms with Crippen LogP contribution in [0.2, 0.25) is 0 Å². The van der Waals surface area contributed by atoms with E-state index in [1.165, 1.54) is 9.80 Å². The molecule has 3 atom stereocenters. The normalized spacial score (nSPS) is 23.9. The molecule has 0 saturated carbocycles. The van der Waals surface area contributed by atoms with Gasteiger partial charge in [-0.1, -0.05) is 6.07 Å². The van der Waals surface area contributed by atoms with Crippen LogP contribution in [0.5, 0.6) is 5.75 Å². The van der Waals surface area contributed by atoms with Crippen molar-refractivity contribution in [2.45, 2.75) is 64.0 Å².